The van der Waals surface area contributed by atoms with Crippen LogP contribution in [0.3, 0.4) is 0 Å². The van der Waals surface area contributed by atoms with Gasteiger partial charge in [0, 0.05) is 9.85 Å². The van der Waals surface area contributed by atoms with Crippen LogP contribution in [0.15, 0.2) is 56.9 Å². The Morgan fingerprint density at radius 2 is 2.11 bits per heavy atom. The lowest BCUT2D eigenvalue weighted by molar-refractivity contribution is -0.118. The van der Waals surface area contributed by atoms with Crippen LogP contribution in [0.4, 0.5) is 5.13 Å². The molecule has 1 atom stereocenters. The molecule has 0 saturated heterocycles. The summed E-state index contributed by atoms with van der Waals surface area (Å²) in [6.45, 7) is 0. The van der Waals surface area contributed by atoms with Gasteiger partial charge in [-0.05, 0) is 58.6 Å². The van der Waals surface area contributed by atoms with E-state index >= 15 is 0 Å². The zero-order valence-corrected chi connectivity index (χ0v) is 18.2. The zero-order chi connectivity index (χ0) is 19.9. The van der Waals surface area contributed by atoms with Crippen molar-refractivity contribution in [3.8, 4) is 11.5 Å². The number of benzene rings is 1. The van der Waals surface area contributed by atoms with E-state index < -0.39 is 6.04 Å². The number of thiazole rings is 1. The van der Waals surface area contributed by atoms with Crippen molar-refractivity contribution in [1.82, 2.24) is 10.3 Å². The molecule has 3 rings (SSSR count). The van der Waals surface area contributed by atoms with E-state index in [0.717, 1.165) is 5.75 Å². The summed E-state index contributed by atoms with van der Waals surface area (Å²) in [4.78, 5) is 29.7. The Bertz CT molecular complexity index is 944. The third-order valence-electron chi connectivity index (χ3n) is 3.86. The second-order valence-electron chi connectivity index (χ2n) is 5.79. The molecule has 6 nitrogen and oxygen atoms in total. The minimum atomic E-state index is -0.664. The number of halogens is 1. The van der Waals surface area contributed by atoms with Crippen LogP contribution in [0, 0.1) is 0 Å². The van der Waals surface area contributed by atoms with Crippen molar-refractivity contribution in [2.75, 3.05) is 17.3 Å². The maximum atomic E-state index is 12.8. The van der Waals surface area contributed by atoms with Gasteiger partial charge in [-0.25, -0.2) is 4.98 Å². The van der Waals surface area contributed by atoms with Crippen molar-refractivity contribution in [3.63, 3.8) is 0 Å². The number of nitrogens with one attached hydrogen (secondary N) is 2. The first-order chi connectivity index (χ1) is 13.6. The van der Waals surface area contributed by atoms with Crippen LogP contribution < -0.4 is 10.6 Å². The van der Waals surface area contributed by atoms with Gasteiger partial charge in [-0.1, -0.05) is 12.1 Å². The molecule has 0 fully saturated rings. The SMILES string of the molecule is CSCCC(NC(=O)c1ccccc1Br)C(=O)Nc1nc(-c2ccco2)cs1. The topological polar surface area (TPSA) is 84.2 Å². The molecule has 0 aliphatic rings. The van der Waals surface area contributed by atoms with Crippen LogP contribution in [0.2, 0.25) is 0 Å². The van der Waals surface area contributed by atoms with Gasteiger partial charge in [0.1, 0.15) is 11.7 Å². The summed E-state index contributed by atoms with van der Waals surface area (Å²) < 4.78 is 6.00. The van der Waals surface area contributed by atoms with Gasteiger partial charge in [0.15, 0.2) is 10.9 Å². The number of carbonyl (C=O) groups is 2. The smallest absolute Gasteiger partial charge is 0.253 e. The minimum absolute atomic E-state index is 0.296. The average molecular weight is 480 g/mol. The largest absolute Gasteiger partial charge is 0.463 e. The van der Waals surface area contributed by atoms with Crippen molar-refractivity contribution in [2.45, 2.75) is 12.5 Å². The summed E-state index contributed by atoms with van der Waals surface area (Å²) in [6, 6.07) is 10.0. The van der Waals surface area contributed by atoms with E-state index in [-0.39, 0.29) is 11.8 Å². The van der Waals surface area contributed by atoms with Crippen LogP contribution in [-0.4, -0.2) is 34.8 Å². The van der Waals surface area contributed by atoms with Gasteiger partial charge in [-0.3, -0.25) is 9.59 Å². The van der Waals surface area contributed by atoms with E-state index in [4.69, 9.17) is 4.42 Å². The normalized spacial score (nSPS) is 11.8. The standard InChI is InChI=1S/C19H18BrN3O3S2/c1-27-10-8-14(21-17(24)12-5-2-3-6-13(12)20)18(25)23-19-22-15(11-28-19)16-7-4-9-26-16/h2-7,9,11,14H,8,10H2,1H3,(H,21,24)(H,22,23,25). The Balaban J connectivity index is 1.69. The first-order valence-electron chi connectivity index (χ1n) is 8.43. The number of hydrogen-bond acceptors (Lipinski definition) is 6. The Labute approximate surface area is 179 Å². The molecule has 0 spiro atoms. The fraction of sp³-hybridized carbons (Fsp3) is 0.211. The number of aromatic nitrogens is 1. The van der Waals surface area contributed by atoms with Crippen molar-refractivity contribution in [1.29, 1.82) is 0 Å². The monoisotopic (exact) mass is 479 g/mol. The third-order valence-corrected chi connectivity index (χ3v) is 5.95. The molecule has 3 aromatic rings. The summed E-state index contributed by atoms with van der Waals surface area (Å²) >= 11 is 6.29. The molecular weight excluding hydrogens is 462 g/mol. The molecule has 1 unspecified atom stereocenters. The number of nitrogens with zero attached hydrogens (tertiary/aromatic N) is 1. The predicted octanol–water partition coefficient (Wildman–Crippen LogP) is 4.66. The van der Waals surface area contributed by atoms with Crippen LogP contribution in [0.5, 0.6) is 0 Å². The fourth-order valence-electron chi connectivity index (χ4n) is 2.45. The van der Waals surface area contributed by atoms with Crippen LogP contribution in [0.25, 0.3) is 11.5 Å². The van der Waals surface area contributed by atoms with Crippen LogP contribution >= 0.6 is 39.0 Å². The highest BCUT2D eigenvalue weighted by Crippen LogP contribution is 2.25. The molecule has 1 aromatic carbocycles. The van der Waals surface area contributed by atoms with E-state index in [1.807, 2.05) is 17.7 Å². The Morgan fingerprint density at radius 1 is 1.29 bits per heavy atom. The number of anilines is 1. The second-order valence-corrected chi connectivity index (χ2v) is 8.49. The highest BCUT2D eigenvalue weighted by molar-refractivity contribution is 9.10. The maximum Gasteiger partial charge on any atom is 0.253 e. The van der Waals surface area contributed by atoms with E-state index in [1.54, 1.807) is 48.4 Å². The summed E-state index contributed by atoms with van der Waals surface area (Å²) in [5.74, 6) is 0.779. The average Bonchev–Trinajstić information content (AvgIpc) is 3.37. The van der Waals surface area contributed by atoms with E-state index in [2.05, 4.69) is 31.5 Å². The molecule has 2 aromatic heterocycles. The van der Waals surface area contributed by atoms with Gasteiger partial charge in [0.25, 0.3) is 5.91 Å². The number of hydrogen-bond donors (Lipinski definition) is 2. The van der Waals surface area contributed by atoms with Gasteiger partial charge in [-0.2, -0.15) is 11.8 Å². The highest BCUT2D eigenvalue weighted by Gasteiger charge is 2.23. The zero-order valence-electron chi connectivity index (χ0n) is 15.0. The molecule has 0 bridgehead atoms. The summed E-state index contributed by atoms with van der Waals surface area (Å²) in [5, 5.41) is 7.89. The van der Waals surface area contributed by atoms with E-state index in [1.165, 1.54) is 11.3 Å². The molecular formula is C19H18BrN3O3S2. The molecule has 0 aliphatic heterocycles. The first-order valence-corrected chi connectivity index (χ1v) is 11.5. The molecule has 2 N–H and O–H groups in total. The highest BCUT2D eigenvalue weighted by atomic mass is 79.9. The number of thioether (sulfide) groups is 1. The van der Waals surface area contributed by atoms with Crippen molar-refractivity contribution >= 4 is 56.0 Å². The Hall–Kier alpha value is -2.10. The van der Waals surface area contributed by atoms with E-state index in [0.29, 0.717) is 33.0 Å². The number of rotatable bonds is 8. The first kappa shape index (κ1) is 20.6. The molecule has 0 saturated carbocycles. The lowest BCUT2D eigenvalue weighted by Gasteiger charge is -2.17. The van der Waals surface area contributed by atoms with Gasteiger partial charge < -0.3 is 15.1 Å². The predicted molar refractivity (Wildman–Crippen MR) is 117 cm³/mol. The summed E-state index contributed by atoms with van der Waals surface area (Å²) in [5.41, 5.74) is 1.14. The van der Waals surface area contributed by atoms with Gasteiger partial charge >= 0.3 is 0 Å². The van der Waals surface area contributed by atoms with Crippen molar-refractivity contribution < 1.29 is 14.0 Å². The molecule has 28 heavy (non-hydrogen) atoms. The van der Waals surface area contributed by atoms with Gasteiger partial charge in [-0.15, -0.1) is 11.3 Å². The molecule has 146 valence electrons. The van der Waals surface area contributed by atoms with Crippen molar-refractivity contribution in [3.05, 3.63) is 58.1 Å². The summed E-state index contributed by atoms with van der Waals surface area (Å²) in [6.07, 6.45) is 4.04. The van der Waals surface area contributed by atoms with Gasteiger partial charge in [0.05, 0.1) is 11.8 Å². The minimum Gasteiger partial charge on any atom is -0.463 e. The number of carbonyl (C=O) groups excluding carboxylic acids is 2. The van der Waals surface area contributed by atoms with Crippen LogP contribution in [-0.2, 0) is 4.79 Å². The van der Waals surface area contributed by atoms with Gasteiger partial charge in [0.2, 0.25) is 5.91 Å². The maximum absolute atomic E-state index is 12.8. The number of amides is 2. The van der Waals surface area contributed by atoms with Crippen molar-refractivity contribution in [2.24, 2.45) is 0 Å². The van der Waals surface area contributed by atoms with Crippen LogP contribution in [0.1, 0.15) is 16.8 Å². The lowest BCUT2D eigenvalue weighted by atomic mass is 10.1. The molecule has 0 aliphatic carbocycles. The quantitative estimate of drug-likeness (QED) is 0.490. The Kier molecular flexibility index (Phi) is 7.30. The van der Waals surface area contributed by atoms with E-state index in [9.17, 15) is 9.59 Å². The summed E-state index contributed by atoms with van der Waals surface area (Å²) in [7, 11) is 0. The molecule has 0 radical (unpaired) electrons. The Morgan fingerprint density at radius 3 is 2.82 bits per heavy atom. The third kappa shape index (κ3) is 5.24. The molecule has 9 heteroatoms. The number of furan rings is 1. The fourth-order valence-corrected chi connectivity index (χ4v) is 4.09. The lowest BCUT2D eigenvalue weighted by Crippen LogP contribution is -2.44. The molecule has 2 amide bonds. The molecule has 2 heterocycles. The second kappa shape index (κ2) is 9.90.